The van der Waals surface area contributed by atoms with E-state index in [4.69, 9.17) is 0 Å². The lowest BCUT2D eigenvalue weighted by atomic mass is 9.87. The fourth-order valence-electron chi connectivity index (χ4n) is 4.77. The second-order valence-corrected chi connectivity index (χ2v) is 10.6. The minimum atomic E-state index is -0.0735. The van der Waals surface area contributed by atoms with Gasteiger partial charge in [0.25, 0.3) is 5.91 Å². The van der Waals surface area contributed by atoms with E-state index in [0.717, 1.165) is 47.5 Å². The molecule has 0 atom stereocenters. The molecule has 2 aromatic heterocycles. The molecule has 1 saturated carbocycles. The highest BCUT2D eigenvalue weighted by molar-refractivity contribution is 7.17. The van der Waals surface area contributed by atoms with Gasteiger partial charge in [0.15, 0.2) is 0 Å². The first-order valence-electron chi connectivity index (χ1n) is 12.1. The van der Waals surface area contributed by atoms with Crippen LogP contribution >= 0.6 is 11.3 Å². The average molecular weight is 466 g/mol. The van der Waals surface area contributed by atoms with Gasteiger partial charge in [0.2, 0.25) is 5.91 Å². The third kappa shape index (κ3) is 5.16. The molecular weight excluding hydrogens is 430 g/mol. The highest BCUT2D eigenvalue weighted by Gasteiger charge is 2.25. The van der Waals surface area contributed by atoms with Gasteiger partial charge in [-0.1, -0.05) is 32.9 Å². The molecule has 1 N–H and O–H groups in total. The average Bonchev–Trinajstić information content (AvgIpc) is 3.39. The molecular formula is C27H35N3O2S. The lowest BCUT2D eigenvalue weighted by molar-refractivity contribution is -0.119. The predicted molar refractivity (Wildman–Crippen MR) is 137 cm³/mol. The number of nitrogens with one attached hydrogen (secondary N) is 1. The van der Waals surface area contributed by atoms with Gasteiger partial charge < -0.3 is 14.8 Å². The van der Waals surface area contributed by atoms with Crippen LogP contribution in [-0.2, 0) is 11.3 Å². The molecule has 0 radical (unpaired) electrons. The molecule has 2 heterocycles. The van der Waals surface area contributed by atoms with E-state index in [9.17, 15) is 9.59 Å². The van der Waals surface area contributed by atoms with Crippen molar-refractivity contribution in [2.45, 2.75) is 71.9 Å². The van der Waals surface area contributed by atoms with E-state index in [1.54, 1.807) is 11.3 Å². The minimum Gasteiger partial charge on any atom is -0.348 e. The Kier molecular flexibility index (Phi) is 7.23. The number of carbonyl (C=O) groups is 2. The van der Waals surface area contributed by atoms with E-state index < -0.39 is 0 Å². The number of thiophene rings is 1. The predicted octanol–water partition coefficient (Wildman–Crippen LogP) is 6.19. The van der Waals surface area contributed by atoms with Crippen LogP contribution in [0.1, 0.15) is 75.3 Å². The van der Waals surface area contributed by atoms with Gasteiger partial charge in [-0.2, -0.15) is 0 Å². The van der Waals surface area contributed by atoms with Crippen molar-refractivity contribution >= 4 is 39.1 Å². The van der Waals surface area contributed by atoms with Crippen LogP contribution in [0.4, 0.5) is 5.69 Å². The molecule has 3 aromatic rings. The summed E-state index contributed by atoms with van der Waals surface area (Å²) in [6.45, 7) is 9.30. The first-order chi connectivity index (χ1) is 15.9. The lowest BCUT2D eigenvalue weighted by Gasteiger charge is -2.27. The van der Waals surface area contributed by atoms with Crippen LogP contribution in [0.5, 0.6) is 0 Å². The highest BCUT2D eigenvalue weighted by atomic mass is 32.1. The van der Waals surface area contributed by atoms with Crippen LogP contribution in [-0.4, -0.2) is 29.0 Å². The third-order valence-electron chi connectivity index (χ3n) is 6.87. The zero-order valence-electron chi connectivity index (χ0n) is 20.1. The Labute approximate surface area is 200 Å². The standard InChI is InChI=1S/C27H35N3O2S/c1-5-29(22-8-6-7-20(15-22)18(2)3)26(31)17-30-23-13-14-33-25(23)16-24(30)27(32)28-21-11-9-19(4)10-12-21/h6-8,13-16,18-19,21H,5,9-12,17H2,1-4H3,(H,28,32). The SMILES string of the molecule is CCN(C(=O)Cn1c(C(=O)NC2CCC(C)CC2)cc2sccc21)c1cccc(C(C)C)c1. The maximum absolute atomic E-state index is 13.5. The molecule has 0 saturated heterocycles. The van der Waals surface area contributed by atoms with E-state index in [2.05, 4.69) is 38.2 Å². The van der Waals surface area contributed by atoms with Gasteiger partial charge >= 0.3 is 0 Å². The summed E-state index contributed by atoms with van der Waals surface area (Å²) in [5, 5.41) is 5.25. The number of anilines is 1. The number of nitrogens with zero attached hydrogens (tertiary/aromatic N) is 2. The normalized spacial score (nSPS) is 18.6. The summed E-state index contributed by atoms with van der Waals surface area (Å²) in [5.74, 6) is 1.05. The van der Waals surface area contributed by atoms with E-state index in [1.165, 1.54) is 5.56 Å². The lowest BCUT2D eigenvalue weighted by Crippen LogP contribution is -2.39. The quantitative estimate of drug-likeness (QED) is 0.452. The molecule has 0 spiro atoms. The molecule has 2 amide bonds. The summed E-state index contributed by atoms with van der Waals surface area (Å²) in [6.07, 6.45) is 4.36. The number of aromatic nitrogens is 1. The molecule has 0 aliphatic heterocycles. The van der Waals surface area contributed by atoms with Crippen LogP contribution in [0.2, 0.25) is 0 Å². The maximum Gasteiger partial charge on any atom is 0.268 e. The molecule has 1 aliphatic carbocycles. The number of benzene rings is 1. The highest BCUT2D eigenvalue weighted by Crippen LogP contribution is 2.28. The number of hydrogen-bond donors (Lipinski definition) is 1. The molecule has 1 aliphatic rings. The van der Waals surface area contributed by atoms with E-state index in [0.29, 0.717) is 18.2 Å². The summed E-state index contributed by atoms with van der Waals surface area (Å²) >= 11 is 1.60. The first kappa shape index (κ1) is 23.6. The van der Waals surface area contributed by atoms with E-state index in [1.807, 2.05) is 46.0 Å². The fraction of sp³-hybridized carbons (Fsp3) is 0.481. The molecule has 4 rings (SSSR count). The summed E-state index contributed by atoms with van der Waals surface area (Å²) < 4.78 is 2.93. The molecule has 6 heteroatoms. The van der Waals surface area contributed by atoms with Gasteiger partial charge in [-0.05, 0) is 79.7 Å². The Morgan fingerprint density at radius 2 is 1.91 bits per heavy atom. The van der Waals surface area contributed by atoms with Gasteiger partial charge in [-0.25, -0.2) is 0 Å². The Hall–Kier alpha value is -2.60. The van der Waals surface area contributed by atoms with Crippen LogP contribution in [0, 0.1) is 5.92 Å². The first-order valence-corrected chi connectivity index (χ1v) is 13.0. The summed E-state index contributed by atoms with van der Waals surface area (Å²) in [7, 11) is 0. The third-order valence-corrected chi connectivity index (χ3v) is 7.72. The summed E-state index contributed by atoms with van der Waals surface area (Å²) in [6, 6.07) is 12.3. The molecule has 1 aromatic carbocycles. The number of carbonyl (C=O) groups excluding carboxylic acids is 2. The Morgan fingerprint density at radius 1 is 1.15 bits per heavy atom. The number of rotatable bonds is 7. The minimum absolute atomic E-state index is 0.0114. The fourth-order valence-corrected chi connectivity index (χ4v) is 5.60. The number of amides is 2. The van der Waals surface area contributed by atoms with Crippen molar-refractivity contribution in [2.75, 3.05) is 11.4 Å². The zero-order valence-corrected chi connectivity index (χ0v) is 21.0. The van der Waals surface area contributed by atoms with Crippen LogP contribution in [0.25, 0.3) is 10.2 Å². The Balaban J connectivity index is 1.57. The summed E-state index contributed by atoms with van der Waals surface area (Å²) in [4.78, 5) is 28.5. The monoisotopic (exact) mass is 465 g/mol. The smallest absolute Gasteiger partial charge is 0.268 e. The molecule has 176 valence electrons. The van der Waals surface area contributed by atoms with Crippen LogP contribution in [0.15, 0.2) is 41.8 Å². The Bertz CT molecular complexity index is 1120. The molecule has 0 unspecified atom stereocenters. The van der Waals surface area contributed by atoms with Gasteiger partial charge in [-0.3, -0.25) is 9.59 Å². The second-order valence-electron chi connectivity index (χ2n) is 9.60. The van der Waals surface area contributed by atoms with E-state index >= 15 is 0 Å². The van der Waals surface area contributed by atoms with Crippen LogP contribution < -0.4 is 10.2 Å². The largest absolute Gasteiger partial charge is 0.348 e. The van der Waals surface area contributed by atoms with Crippen molar-refractivity contribution in [3.63, 3.8) is 0 Å². The van der Waals surface area contributed by atoms with Crippen molar-refractivity contribution in [3.8, 4) is 0 Å². The van der Waals surface area contributed by atoms with Crippen molar-refractivity contribution < 1.29 is 9.59 Å². The van der Waals surface area contributed by atoms with E-state index in [-0.39, 0.29) is 24.4 Å². The molecule has 0 bridgehead atoms. The Morgan fingerprint density at radius 3 is 2.61 bits per heavy atom. The molecule has 5 nitrogen and oxygen atoms in total. The van der Waals surface area contributed by atoms with Crippen molar-refractivity contribution in [2.24, 2.45) is 5.92 Å². The number of likely N-dealkylation sites (N-methyl/N-ethyl adjacent to an activating group) is 1. The van der Waals surface area contributed by atoms with Crippen molar-refractivity contribution in [1.29, 1.82) is 0 Å². The van der Waals surface area contributed by atoms with Crippen molar-refractivity contribution in [1.82, 2.24) is 9.88 Å². The van der Waals surface area contributed by atoms with Gasteiger partial charge in [0.1, 0.15) is 12.2 Å². The van der Waals surface area contributed by atoms with Gasteiger partial charge in [0.05, 0.1) is 10.2 Å². The number of hydrogen-bond acceptors (Lipinski definition) is 3. The van der Waals surface area contributed by atoms with Gasteiger partial charge in [0, 0.05) is 18.3 Å². The molecule has 33 heavy (non-hydrogen) atoms. The number of fused-ring (bicyclic) bond motifs is 1. The second kappa shape index (κ2) is 10.1. The topological polar surface area (TPSA) is 54.3 Å². The summed E-state index contributed by atoms with van der Waals surface area (Å²) in [5.41, 5.74) is 3.64. The zero-order chi connectivity index (χ0) is 23.5. The van der Waals surface area contributed by atoms with Crippen molar-refractivity contribution in [3.05, 3.63) is 53.0 Å². The maximum atomic E-state index is 13.5. The van der Waals surface area contributed by atoms with Gasteiger partial charge in [-0.15, -0.1) is 11.3 Å². The van der Waals surface area contributed by atoms with Crippen LogP contribution in [0.3, 0.4) is 0 Å². The molecule has 1 fully saturated rings.